The number of piperidine rings is 1. The fourth-order valence-corrected chi connectivity index (χ4v) is 2.81. The lowest BCUT2D eigenvalue weighted by atomic mass is 10.0. The lowest BCUT2D eigenvalue weighted by molar-refractivity contribution is 0.573. The van der Waals surface area contributed by atoms with Crippen LogP contribution >= 0.6 is 0 Å². The second-order valence-electron chi connectivity index (χ2n) is 6.21. The van der Waals surface area contributed by atoms with Crippen LogP contribution in [-0.4, -0.2) is 23.1 Å². The highest BCUT2D eigenvalue weighted by atomic mass is 15.2. The number of hydrogen-bond acceptors (Lipinski definition) is 4. The molecule has 4 nitrogen and oxygen atoms in total. The van der Waals surface area contributed by atoms with Gasteiger partial charge in [-0.25, -0.2) is 9.97 Å². The molecule has 1 fully saturated rings. The van der Waals surface area contributed by atoms with Gasteiger partial charge in [0.2, 0.25) is 0 Å². The Balaban J connectivity index is 1.72. The van der Waals surface area contributed by atoms with Crippen molar-refractivity contribution in [3.63, 3.8) is 0 Å². The maximum Gasteiger partial charge on any atom is 0.135 e. The number of nitrogens with one attached hydrogen (secondary N) is 1. The smallest absolute Gasteiger partial charge is 0.135 e. The Bertz CT molecular complexity index is 601. The van der Waals surface area contributed by atoms with Crippen molar-refractivity contribution < 1.29 is 0 Å². The number of rotatable bonds is 4. The largest absolute Gasteiger partial charge is 0.356 e. The molecule has 4 heteroatoms. The first-order valence-electron chi connectivity index (χ1n) is 8.16. The minimum atomic E-state index is 0.554. The Morgan fingerprint density at radius 2 is 1.73 bits per heavy atom. The number of anilines is 3. The van der Waals surface area contributed by atoms with Crippen molar-refractivity contribution in [1.29, 1.82) is 0 Å². The molecule has 1 N–H and O–H groups in total. The van der Waals surface area contributed by atoms with Crippen molar-refractivity contribution >= 4 is 17.3 Å². The minimum absolute atomic E-state index is 0.554. The number of hydrogen-bond donors (Lipinski definition) is 1. The molecule has 0 aliphatic carbocycles. The minimum Gasteiger partial charge on any atom is -0.356 e. The van der Waals surface area contributed by atoms with E-state index in [-0.39, 0.29) is 0 Å². The number of benzene rings is 1. The Labute approximate surface area is 132 Å². The second kappa shape index (κ2) is 6.77. The molecule has 0 spiro atoms. The molecule has 1 aliphatic heterocycles. The first-order valence-corrected chi connectivity index (χ1v) is 8.16. The van der Waals surface area contributed by atoms with Gasteiger partial charge in [0, 0.05) is 24.8 Å². The molecule has 0 amide bonds. The predicted octanol–water partition coefficient (Wildman–Crippen LogP) is 4.33. The quantitative estimate of drug-likeness (QED) is 0.911. The van der Waals surface area contributed by atoms with Crippen molar-refractivity contribution in [2.45, 2.75) is 39.0 Å². The van der Waals surface area contributed by atoms with Crippen LogP contribution < -0.4 is 10.2 Å². The SMILES string of the molecule is CC(C)c1ccc(Nc2cc(N3CCCCC3)ncn2)cc1. The summed E-state index contributed by atoms with van der Waals surface area (Å²) in [6, 6.07) is 10.6. The van der Waals surface area contributed by atoms with E-state index in [4.69, 9.17) is 0 Å². The summed E-state index contributed by atoms with van der Waals surface area (Å²) < 4.78 is 0. The summed E-state index contributed by atoms with van der Waals surface area (Å²) in [7, 11) is 0. The molecule has 2 heterocycles. The van der Waals surface area contributed by atoms with Gasteiger partial charge in [-0.2, -0.15) is 0 Å². The van der Waals surface area contributed by atoms with E-state index in [2.05, 4.69) is 58.3 Å². The third-order valence-corrected chi connectivity index (χ3v) is 4.18. The molecular formula is C18H24N4. The summed E-state index contributed by atoms with van der Waals surface area (Å²) in [4.78, 5) is 11.1. The fourth-order valence-electron chi connectivity index (χ4n) is 2.81. The van der Waals surface area contributed by atoms with Crippen LogP contribution in [0.15, 0.2) is 36.7 Å². The summed E-state index contributed by atoms with van der Waals surface area (Å²) in [6.45, 7) is 6.61. The molecule has 0 unspecified atom stereocenters. The van der Waals surface area contributed by atoms with Crippen LogP contribution in [0.2, 0.25) is 0 Å². The van der Waals surface area contributed by atoms with Crippen LogP contribution in [0.3, 0.4) is 0 Å². The van der Waals surface area contributed by atoms with E-state index >= 15 is 0 Å². The summed E-state index contributed by atoms with van der Waals surface area (Å²) in [5.41, 5.74) is 2.41. The third kappa shape index (κ3) is 3.56. The van der Waals surface area contributed by atoms with Crippen LogP contribution in [-0.2, 0) is 0 Å². The Morgan fingerprint density at radius 3 is 2.41 bits per heavy atom. The zero-order valence-corrected chi connectivity index (χ0v) is 13.4. The van der Waals surface area contributed by atoms with Gasteiger partial charge in [0.1, 0.15) is 18.0 Å². The maximum atomic E-state index is 4.42. The van der Waals surface area contributed by atoms with Crippen LogP contribution in [0.4, 0.5) is 17.3 Å². The van der Waals surface area contributed by atoms with Crippen molar-refractivity contribution in [1.82, 2.24) is 9.97 Å². The maximum absolute atomic E-state index is 4.42. The Morgan fingerprint density at radius 1 is 1.00 bits per heavy atom. The zero-order valence-electron chi connectivity index (χ0n) is 13.4. The second-order valence-corrected chi connectivity index (χ2v) is 6.21. The summed E-state index contributed by atoms with van der Waals surface area (Å²) in [5, 5.41) is 3.37. The predicted molar refractivity (Wildman–Crippen MR) is 91.9 cm³/mol. The molecule has 0 saturated carbocycles. The first-order chi connectivity index (χ1) is 10.7. The Hall–Kier alpha value is -2.10. The van der Waals surface area contributed by atoms with E-state index in [1.165, 1.54) is 24.8 Å². The van der Waals surface area contributed by atoms with Crippen LogP contribution in [0.25, 0.3) is 0 Å². The van der Waals surface area contributed by atoms with Gasteiger partial charge in [-0.05, 0) is 42.9 Å². The molecule has 1 aliphatic rings. The van der Waals surface area contributed by atoms with Crippen molar-refractivity contribution in [2.75, 3.05) is 23.3 Å². The van der Waals surface area contributed by atoms with Gasteiger partial charge in [-0.15, -0.1) is 0 Å². The Kier molecular flexibility index (Phi) is 4.56. The van der Waals surface area contributed by atoms with E-state index in [1.54, 1.807) is 6.33 Å². The molecule has 116 valence electrons. The van der Waals surface area contributed by atoms with Crippen LogP contribution in [0.1, 0.15) is 44.6 Å². The lowest BCUT2D eigenvalue weighted by Gasteiger charge is -2.27. The molecule has 0 radical (unpaired) electrons. The summed E-state index contributed by atoms with van der Waals surface area (Å²) in [6.07, 6.45) is 5.48. The topological polar surface area (TPSA) is 41.0 Å². The summed E-state index contributed by atoms with van der Waals surface area (Å²) in [5.74, 6) is 2.43. The molecule has 0 bridgehead atoms. The van der Waals surface area contributed by atoms with Gasteiger partial charge in [0.25, 0.3) is 0 Å². The molecule has 1 saturated heterocycles. The van der Waals surface area contributed by atoms with Gasteiger partial charge in [-0.1, -0.05) is 26.0 Å². The monoisotopic (exact) mass is 296 g/mol. The van der Waals surface area contributed by atoms with Gasteiger partial charge < -0.3 is 10.2 Å². The van der Waals surface area contributed by atoms with Gasteiger partial charge in [0.15, 0.2) is 0 Å². The van der Waals surface area contributed by atoms with E-state index in [0.29, 0.717) is 5.92 Å². The van der Waals surface area contributed by atoms with Gasteiger partial charge >= 0.3 is 0 Å². The van der Waals surface area contributed by atoms with E-state index in [9.17, 15) is 0 Å². The highest BCUT2D eigenvalue weighted by Gasteiger charge is 2.12. The van der Waals surface area contributed by atoms with Crippen molar-refractivity contribution in [3.05, 3.63) is 42.2 Å². The average Bonchev–Trinajstić information content (AvgIpc) is 2.56. The van der Waals surface area contributed by atoms with E-state index in [0.717, 1.165) is 30.4 Å². The van der Waals surface area contributed by atoms with Crippen molar-refractivity contribution in [2.24, 2.45) is 0 Å². The average molecular weight is 296 g/mol. The number of aromatic nitrogens is 2. The lowest BCUT2D eigenvalue weighted by Crippen LogP contribution is -2.30. The summed E-state index contributed by atoms with van der Waals surface area (Å²) >= 11 is 0. The fraction of sp³-hybridized carbons (Fsp3) is 0.444. The van der Waals surface area contributed by atoms with Crippen LogP contribution in [0, 0.1) is 0 Å². The molecule has 1 aromatic heterocycles. The van der Waals surface area contributed by atoms with Gasteiger partial charge in [0.05, 0.1) is 0 Å². The highest BCUT2D eigenvalue weighted by Crippen LogP contribution is 2.22. The molecule has 2 aromatic rings. The normalized spacial score (nSPS) is 15.1. The molecule has 22 heavy (non-hydrogen) atoms. The van der Waals surface area contributed by atoms with Gasteiger partial charge in [-0.3, -0.25) is 0 Å². The van der Waals surface area contributed by atoms with Crippen molar-refractivity contribution in [3.8, 4) is 0 Å². The molecule has 3 rings (SSSR count). The third-order valence-electron chi connectivity index (χ3n) is 4.18. The zero-order chi connectivity index (χ0) is 15.4. The molecule has 0 atom stereocenters. The molecule has 1 aromatic carbocycles. The first kappa shape index (κ1) is 14.8. The van der Waals surface area contributed by atoms with E-state index in [1.807, 2.05) is 6.07 Å². The molecular weight excluding hydrogens is 272 g/mol. The van der Waals surface area contributed by atoms with E-state index < -0.39 is 0 Å². The standard InChI is InChI=1S/C18H24N4/c1-14(2)15-6-8-16(9-7-15)21-17-12-18(20-13-19-17)22-10-4-3-5-11-22/h6-9,12-14H,3-5,10-11H2,1-2H3,(H,19,20,21). The number of nitrogens with zero attached hydrogens (tertiary/aromatic N) is 3. The van der Waals surface area contributed by atoms with Crippen LogP contribution in [0.5, 0.6) is 0 Å². The highest BCUT2D eigenvalue weighted by molar-refractivity contribution is 5.59.